The lowest BCUT2D eigenvalue weighted by Gasteiger charge is -2.22. The Morgan fingerprint density at radius 3 is 2.48 bits per heavy atom. The number of amides is 3. The summed E-state index contributed by atoms with van der Waals surface area (Å²) in [6.45, 7) is 8.88. The highest BCUT2D eigenvalue weighted by Gasteiger charge is 2.11. The fourth-order valence-corrected chi connectivity index (χ4v) is 1.96. The van der Waals surface area contributed by atoms with E-state index in [1.807, 2.05) is 45.0 Å². The Morgan fingerprint density at radius 2 is 1.90 bits per heavy atom. The molecule has 1 rings (SSSR count). The zero-order valence-corrected chi connectivity index (χ0v) is 13.3. The van der Waals surface area contributed by atoms with Crippen molar-refractivity contribution in [3.05, 3.63) is 35.4 Å². The predicted molar refractivity (Wildman–Crippen MR) is 83.9 cm³/mol. The summed E-state index contributed by atoms with van der Waals surface area (Å²) < 4.78 is 0. The monoisotopic (exact) mass is 291 g/mol. The van der Waals surface area contributed by atoms with Gasteiger partial charge in [0.25, 0.3) is 0 Å². The van der Waals surface area contributed by atoms with E-state index < -0.39 is 0 Å². The molecule has 0 saturated heterocycles. The molecule has 0 aliphatic carbocycles. The molecule has 2 N–H and O–H groups in total. The highest BCUT2D eigenvalue weighted by atomic mass is 16.2. The van der Waals surface area contributed by atoms with E-state index in [4.69, 9.17) is 0 Å². The molecule has 21 heavy (non-hydrogen) atoms. The summed E-state index contributed by atoms with van der Waals surface area (Å²) in [5, 5.41) is 5.51. The van der Waals surface area contributed by atoms with Crippen molar-refractivity contribution < 1.29 is 9.59 Å². The number of hydrogen-bond donors (Lipinski definition) is 2. The average Bonchev–Trinajstić information content (AvgIpc) is 2.38. The van der Waals surface area contributed by atoms with Crippen molar-refractivity contribution in [1.82, 2.24) is 15.5 Å². The molecular weight excluding hydrogens is 266 g/mol. The minimum atomic E-state index is -0.204. The SMILES string of the molecule is CC(=O)N(CCNC(=O)NC(C)C)Cc1ccccc1C. The Labute approximate surface area is 126 Å². The van der Waals surface area contributed by atoms with E-state index in [-0.39, 0.29) is 18.0 Å². The summed E-state index contributed by atoms with van der Waals surface area (Å²) in [5.41, 5.74) is 2.29. The van der Waals surface area contributed by atoms with E-state index in [1.165, 1.54) is 0 Å². The van der Waals surface area contributed by atoms with Crippen molar-refractivity contribution >= 4 is 11.9 Å². The highest BCUT2D eigenvalue weighted by Crippen LogP contribution is 2.10. The maximum absolute atomic E-state index is 11.7. The minimum Gasteiger partial charge on any atom is -0.337 e. The summed E-state index contributed by atoms with van der Waals surface area (Å²) in [7, 11) is 0. The van der Waals surface area contributed by atoms with Crippen LogP contribution in [0.1, 0.15) is 31.9 Å². The molecule has 0 aliphatic rings. The summed E-state index contributed by atoms with van der Waals surface area (Å²) in [4.78, 5) is 24.9. The number of rotatable bonds is 6. The third-order valence-corrected chi connectivity index (χ3v) is 3.15. The van der Waals surface area contributed by atoms with E-state index in [0.29, 0.717) is 19.6 Å². The van der Waals surface area contributed by atoms with Crippen LogP contribution in [0.2, 0.25) is 0 Å². The van der Waals surface area contributed by atoms with Gasteiger partial charge >= 0.3 is 6.03 Å². The van der Waals surface area contributed by atoms with Gasteiger partial charge in [0, 0.05) is 32.6 Å². The van der Waals surface area contributed by atoms with Gasteiger partial charge in [-0.15, -0.1) is 0 Å². The lowest BCUT2D eigenvalue weighted by Crippen LogP contribution is -2.43. The lowest BCUT2D eigenvalue weighted by molar-refractivity contribution is -0.129. The first-order chi connectivity index (χ1) is 9.90. The van der Waals surface area contributed by atoms with Crippen molar-refractivity contribution in [3.63, 3.8) is 0 Å². The molecule has 0 heterocycles. The van der Waals surface area contributed by atoms with Crippen LogP contribution in [0.15, 0.2) is 24.3 Å². The highest BCUT2D eigenvalue weighted by molar-refractivity contribution is 5.75. The van der Waals surface area contributed by atoms with Crippen LogP contribution in [0.5, 0.6) is 0 Å². The third-order valence-electron chi connectivity index (χ3n) is 3.15. The Kier molecular flexibility index (Phi) is 6.72. The molecule has 116 valence electrons. The van der Waals surface area contributed by atoms with Crippen LogP contribution in [0.25, 0.3) is 0 Å². The number of benzene rings is 1. The zero-order valence-electron chi connectivity index (χ0n) is 13.3. The molecule has 0 saturated carbocycles. The molecule has 3 amide bonds. The molecule has 0 atom stereocenters. The van der Waals surface area contributed by atoms with Gasteiger partial charge in [0.15, 0.2) is 0 Å². The van der Waals surface area contributed by atoms with Gasteiger partial charge in [0.1, 0.15) is 0 Å². The topological polar surface area (TPSA) is 61.4 Å². The summed E-state index contributed by atoms with van der Waals surface area (Å²) in [6.07, 6.45) is 0. The molecule has 0 spiro atoms. The Balaban J connectivity index is 2.50. The van der Waals surface area contributed by atoms with Gasteiger partial charge in [-0.05, 0) is 31.9 Å². The second kappa shape index (κ2) is 8.29. The van der Waals surface area contributed by atoms with Crippen molar-refractivity contribution in [2.45, 2.75) is 40.3 Å². The first kappa shape index (κ1) is 17.0. The molecule has 0 aromatic heterocycles. The molecular formula is C16H25N3O2. The second-order valence-corrected chi connectivity index (χ2v) is 5.42. The third kappa shape index (κ3) is 6.29. The number of aryl methyl sites for hydroxylation is 1. The van der Waals surface area contributed by atoms with Gasteiger partial charge in [0.05, 0.1) is 0 Å². The molecule has 0 fully saturated rings. The molecule has 5 nitrogen and oxygen atoms in total. The Morgan fingerprint density at radius 1 is 1.24 bits per heavy atom. The minimum absolute atomic E-state index is 0.00400. The van der Waals surface area contributed by atoms with E-state index in [1.54, 1.807) is 11.8 Å². The fourth-order valence-electron chi connectivity index (χ4n) is 1.96. The largest absolute Gasteiger partial charge is 0.337 e. The summed E-state index contributed by atoms with van der Waals surface area (Å²) in [6, 6.07) is 7.89. The van der Waals surface area contributed by atoms with Gasteiger partial charge in [-0.25, -0.2) is 4.79 Å². The Hall–Kier alpha value is -2.04. The second-order valence-electron chi connectivity index (χ2n) is 5.42. The van der Waals surface area contributed by atoms with Gasteiger partial charge in [-0.1, -0.05) is 24.3 Å². The average molecular weight is 291 g/mol. The van der Waals surface area contributed by atoms with Crippen LogP contribution in [-0.2, 0) is 11.3 Å². The van der Waals surface area contributed by atoms with Gasteiger partial charge in [-0.2, -0.15) is 0 Å². The molecule has 5 heteroatoms. The first-order valence-corrected chi connectivity index (χ1v) is 7.24. The van der Waals surface area contributed by atoms with Gasteiger partial charge in [0.2, 0.25) is 5.91 Å². The van der Waals surface area contributed by atoms with E-state index >= 15 is 0 Å². The van der Waals surface area contributed by atoms with Crippen LogP contribution in [0.4, 0.5) is 4.79 Å². The quantitative estimate of drug-likeness (QED) is 0.842. The van der Waals surface area contributed by atoms with Crippen LogP contribution in [-0.4, -0.2) is 36.0 Å². The van der Waals surface area contributed by atoms with Gasteiger partial charge in [-0.3, -0.25) is 4.79 Å². The summed E-state index contributed by atoms with van der Waals surface area (Å²) >= 11 is 0. The first-order valence-electron chi connectivity index (χ1n) is 7.24. The van der Waals surface area contributed by atoms with E-state index in [9.17, 15) is 9.59 Å². The molecule has 1 aromatic rings. The Bertz CT molecular complexity index is 486. The molecule has 0 unspecified atom stereocenters. The van der Waals surface area contributed by atoms with Crippen molar-refractivity contribution in [3.8, 4) is 0 Å². The molecule has 0 bridgehead atoms. The van der Waals surface area contributed by atoms with Crippen LogP contribution in [0, 0.1) is 6.92 Å². The smallest absolute Gasteiger partial charge is 0.315 e. The van der Waals surface area contributed by atoms with Crippen molar-refractivity contribution in [2.24, 2.45) is 0 Å². The lowest BCUT2D eigenvalue weighted by atomic mass is 10.1. The molecule has 0 aliphatic heterocycles. The zero-order chi connectivity index (χ0) is 15.8. The number of urea groups is 1. The molecule has 0 radical (unpaired) electrons. The number of nitrogens with one attached hydrogen (secondary N) is 2. The predicted octanol–water partition coefficient (Wildman–Crippen LogP) is 2.05. The molecule has 1 aromatic carbocycles. The van der Waals surface area contributed by atoms with Gasteiger partial charge < -0.3 is 15.5 Å². The van der Waals surface area contributed by atoms with Crippen LogP contribution < -0.4 is 10.6 Å². The van der Waals surface area contributed by atoms with E-state index in [0.717, 1.165) is 11.1 Å². The van der Waals surface area contributed by atoms with Crippen molar-refractivity contribution in [1.29, 1.82) is 0 Å². The summed E-state index contributed by atoms with van der Waals surface area (Å²) in [5.74, 6) is 0.00400. The number of carbonyl (C=O) groups excluding carboxylic acids is 2. The van der Waals surface area contributed by atoms with Crippen molar-refractivity contribution in [2.75, 3.05) is 13.1 Å². The standard InChI is InChI=1S/C16H25N3O2/c1-12(2)18-16(21)17-9-10-19(14(4)20)11-15-8-6-5-7-13(15)3/h5-8,12H,9-11H2,1-4H3,(H2,17,18,21). The number of nitrogens with zero attached hydrogens (tertiary/aromatic N) is 1. The van der Waals surface area contributed by atoms with Crippen LogP contribution >= 0.6 is 0 Å². The maximum Gasteiger partial charge on any atom is 0.315 e. The van der Waals surface area contributed by atoms with Crippen LogP contribution in [0.3, 0.4) is 0 Å². The fraction of sp³-hybridized carbons (Fsp3) is 0.500. The number of carbonyl (C=O) groups is 2. The van der Waals surface area contributed by atoms with E-state index in [2.05, 4.69) is 10.6 Å². The number of hydrogen-bond acceptors (Lipinski definition) is 2. The maximum atomic E-state index is 11.7. The normalized spacial score (nSPS) is 10.3.